The molecule has 0 unspecified atom stereocenters. The van der Waals surface area contributed by atoms with Crippen LogP contribution < -0.4 is 10.6 Å². The maximum absolute atomic E-state index is 12.1. The van der Waals surface area contributed by atoms with Crippen LogP contribution in [-0.2, 0) is 17.9 Å². The van der Waals surface area contributed by atoms with E-state index in [0.717, 1.165) is 10.4 Å². The van der Waals surface area contributed by atoms with Gasteiger partial charge >= 0.3 is 6.09 Å². The predicted octanol–water partition coefficient (Wildman–Crippen LogP) is 3.88. The van der Waals surface area contributed by atoms with Crippen molar-refractivity contribution in [2.24, 2.45) is 0 Å². The van der Waals surface area contributed by atoms with E-state index in [2.05, 4.69) is 15.6 Å². The Bertz CT molecular complexity index is 815. The van der Waals surface area contributed by atoms with Crippen LogP contribution in [0.2, 0.25) is 0 Å². The molecule has 0 spiro atoms. The lowest BCUT2D eigenvalue weighted by atomic mass is 10.1. The van der Waals surface area contributed by atoms with E-state index < -0.39 is 6.09 Å². The molecule has 0 saturated heterocycles. The van der Waals surface area contributed by atoms with E-state index >= 15 is 0 Å². The van der Waals surface area contributed by atoms with Crippen LogP contribution in [0.15, 0.2) is 53.4 Å². The summed E-state index contributed by atoms with van der Waals surface area (Å²) in [4.78, 5) is 28.7. The molecule has 0 atom stereocenters. The first kappa shape index (κ1) is 17.1. The highest BCUT2D eigenvalue weighted by molar-refractivity contribution is 7.13. The second-order valence-corrected chi connectivity index (χ2v) is 6.92. The minimum Gasteiger partial charge on any atom is -0.444 e. The number of amides is 2. The molecule has 0 radical (unpaired) electrons. The maximum atomic E-state index is 12.1. The summed E-state index contributed by atoms with van der Waals surface area (Å²) >= 11 is 2.90. The molecular weight excluding hydrogens is 358 g/mol. The molecule has 2 N–H and O–H groups in total. The molecule has 3 aromatic rings. The molecule has 6 nitrogen and oxygen atoms in total. The number of benzene rings is 1. The summed E-state index contributed by atoms with van der Waals surface area (Å²) < 4.78 is 5.12. The zero-order valence-corrected chi connectivity index (χ0v) is 14.7. The molecule has 8 heteroatoms. The standard InChI is InChI=1S/C17H15N3O3S2/c21-15(20-16-18-7-9-25-16)13-5-3-12(4-6-13)10-19-17(22)23-11-14-2-1-8-24-14/h1-9H,10-11H2,(H,19,22)(H,18,20,21). The zero-order chi connectivity index (χ0) is 17.5. The third-order valence-corrected chi connectivity index (χ3v) is 4.77. The molecule has 1 aromatic carbocycles. The van der Waals surface area contributed by atoms with Gasteiger partial charge in [-0.05, 0) is 29.1 Å². The van der Waals surface area contributed by atoms with E-state index in [1.165, 1.54) is 22.7 Å². The number of thiophene rings is 1. The van der Waals surface area contributed by atoms with Gasteiger partial charge in [-0.3, -0.25) is 10.1 Å². The summed E-state index contributed by atoms with van der Waals surface area (Å²) in [7, 11) is 0. The van der Waals surface area contributed by atoms with Crippen molar-refractivity contribution in [1.82, 2.24) is 10.3 Å². The minimum absolute atomic E-state index is 0.218. The lowest BCUT2D eigenvalue weighted by Crippen LogP contribution is -2.23. The fourth-order valence-corrected chi connectivity index (χ4v) is 3.13. The van der Waals surface area contributed by atoms with E-state index in [4.69, 9.17) is 4.74 Å². The van der Waals surface area contributed by atoms with E-state index in [1.807, 2.05) is 17.5 Å². The molecule has 2 aromatic heterocycles. The molecule has 0 saturated carbocycles. The summed E-state index contributed by atoms with van der Waals surface area (Å²) in [5, 5.41) is 9.69. The van der Waals surface area contributed by atoms with Gasteiger partial charge in [0.15, 0.2) is 5.13 Å². The van der Waals surface area contributed by atoms with Crippen molar-refractivity contribution in [2.75, 3.05) is 5.32 Å². The first-order valence-electron chi connectivity index (χ1n) is 7.43. The minimum atomic E-state index is -0.473. The molecule has 2 amide bonds. The lowest BCUT2D eigenvalue weighted by Gasteiger charge is -2.07. The van der Waals surface area contributed by atoms with Gasteiger partial charge in [0, 0.05) is 28.6 Å². The zero-order valence-electron chi connectivity index (χ0n) is 13.1. The molecule has 0 aliphatic carbocycles. The number of hydrogen-bond acceptors (Lipinski definition) is 6. The van der Waals surface area contributed by atoms with Gasteiger partial charge < -0.3 is 10.1 Å². The first-order valence-corrected chi connectivity index (χ1v) is 9.19. The summed E-state index contributed by atoms with van der Waals surface area (Å²) in [6, 6.07) is 10.8. The number of hydrogen-bond donors (Lipinski definition) is 2. The number of rotatable bonds is 6. The molecular formula is C17H15N3O3S2. The lowest BCUT2D eigenvalue weighted by molar-refractivity contribution is 0.102. The van der Waals surface area contributed by atoms with Gasteiger partial charge in [-0.25, -0.2) is 9.78 Å². The number of carbonyl (C=O) groups excluding carboxylic acids is 2. The van der Waals surface area contributed by atoms with Crippen LogP contribution in [0.1, 0.15) is 20.8 Å². The number of ether oxygens (including phenoxy) is 1. The predicted molar refractivity (Wildman–Crippen MR) is 97.9 cm³/mol. The van der Waals surface area contributed by atoms with Crippen molar-refractivity contribution in [2.45, 2.75) is 13.2 Å². The van der Waals surface area contributed by atoms with E-state index in [-0.39, 0.29) is 12.5 Å². The molecule has 25 heavy (non-hydrogen) atoms. The number of nitrogens with zero attached hydrogens (tertiary/aromatic N) is 1. The van der Waals surface area contributed by atoms with E-state index in [1.54, 1.807) is 35.8 Å². The quantitative estimate of drug-likeness (QED) is 0.687. The van der Waals surface area contributed by atoms with Crippen LogP contribution in [0.4, 0.5) is 9.93 Å². The van der Waals surface area contributed by atoms with Crippen LogP contribution in [0.3, 0.4) is 0 Å². The number of carbonyl (C=O) groups is 2. The van der Waals surface area contributed by atoms with Gasteiger partial charge in [-0.15, -0.1) is 22.7 Å². The molecule has 128 valence electrons. The van der Waals surface area contributed by atoms with Crippen molar-refractivity contribution in [3.05, 3.63) is 69.4 Å². The molecule has 3 rings (SSSR count). The Kier molecular flexibility index (Phi) is 5.76. The number of aromatic nitrogens is 1. The molecule has 0 bridgehead atoms. The first-order chi connectivity index (χ1) is 12.2. The van der Waals surface area contributed by atoms with Crippen LogP contribution in [0, 0.1) is 0 Å². The monoisotopic (exact) mass is 373 g/mol. The second kappa shape index (κ2) is 8.41. The Morgan fingerprint density at radius 1 is 1.08 bits per heavy atom. The average molecular weight is 373 g/mol. The van der Waals surface area contributed by atoms with Crippen LogP contribution in [0.25, 0.3) is 0 Å². The van der Waals surface area contributed by atoms with Gasteiger partial charge in [0.25, 0.3) is 5.91 Å². The van der Waals surface area contributed by atoms with Gasteiger partial charge in [0.1, 0.15) is 6.61 Å². The molecule has 0 aliphatic rings. The fraction of sp³-hybridized carbons (Fsp3) is 0.118. The van der Waals surface area contributed by atoms with Crippen LogP contribution in [0.5, 0.6) is 0 Å². The van der Waals surface area contributed by atoms with Crippen molar-refractivity contribution >= 4 is 39.8 Å². The smallest absolute Gasteiger partial charge is 0.407 e. The molecule has 0 aliphatic heterocycles. The highest BCUT2D eigenvalue weighted by Gasteiger charge is 2.08. The Labute approximate surface area is 152 Å². The molecule has 2 heterocycles. The number of anilines is 1. The van der Waals surface area contributed by atoms with E-state index in [0.29, 0.717) is 17.2 Å². The highest BCUT2D eigenvalue weighted by atomic mass is 32.1. The summed E-state index contributed by atoms with van der Waals surface area (Å²) in [5.74, 6) is -0.218. The maximum Gasteiger partial charge on any atom is 0.407 e. The van der Waals surface area contributed by atoms with Crippen molar-refractivity contribution in [3.8, 4) is 0 Å². The topological polar surface area (TPSA) is 80.3 Å². The third-order valence-electron chi connectivity index (χ3n) is 3.23. The van der Waals surface area contributed by atoms with E-state index in [9.17, 15) is 9.59 Å². The summed E-state index contributed by atoms with van der Waals surface area (Å²) in [6.07, 6.45) is 1.16. The Hall–Kier alpha value is -2.71. The summed E-state index contributed by atoms with van der Waals surface area (Å²) in [6.45, 7) is 0.594. The highest BCUT2D eigenvalue weighted by Crippen LogP contribution is 2.13. The van der Waals surface area contributed by atoms with Gasteiger partial charge in [-0.2, -0.15) is 0 Å². The molecule has 0 fully saturated rings. The number of nitrogens with one attached hydrogen (secondary N) is 2. The van der Waals surface area contributed by atoms with Crippen molar-refractivity contribution in [1.29, 1.82) is 0 Å². The summed E-state index contributed by atoms with van der Waals surface area (Å²) in [5.41, 5.74) is 1.40. The second-order valence-electron chi connectivity index (χ2n) is 5.00. The van der Waals surface area contributed by atoms with Gasteiger partial charge in [0.2, 0.25) is 0 Å². The van der Waals surface area contributed by atoms with Crippen molar-refractivity contribution < 1.29 is 14.3 Å². The number of thiazole rings is 1. The van der Waals surface area contributed by atoms with Gasteiger partial charge in [-0.1, -0.05) is 18.2 Å². The van der Waals surface area contributed by atoms with Crippen LogP contribution >= 0.6 is 22.7 Å². The largest absolute Gasteiger partial charge is 0.444 e. The Morgan fingerprint density at radius 2 is 1.92 bits per heavy atom. The Balaban J connectivity index is 1.45. The Morgan fingerprint density at radius 3 is 2.60 bits per heavy atom. The average Bonchev–Trinajstić information content (AvgIpc) is 3.32. The number of alkyl carbamates (subject to hydrolysis) is 1. The van der Waals surface area contributed by atoms with Crippen molar-refractivity contribution in [3.63, 3.8) is 0 Å². The SMILES string of the molecule is O=C(NCc1ccc(C(=O)Nc2nccs2)cc1)OCc1cccs1. The fourth-order valence-electron chi connectivity index (χ4n) is 1.99. The third kappa shape index (κ3) is 5.13. The normalized spacial score (nSPS) is 10.2. The van der Waals surface area contributed by atoms with Crippen LogP contribution in [-0.4, -0.2) is 17.0 Å². The van der Waals surface area contributed by atoms with Gasteiger partial charge in [0.05, 0.1) is 0 Å².